The van der Waals surface area contributed by atoms with Gasteiger partial charge in [-0.25, -0.2) is 0 Å². The number of anilines is 1. The van der Waals surface area contributed by atoms with Gasteiger partial charge in [0.05, 0.1) is 21.8 Å². The molecule has 2 aromatic rings. The summed E-state index contributed by atoms with van der Waals surface area (Å²) in [5.74, 6) is 0. The number of halogens is 1. The molecule has 17 heavy (non-hydrogen) atoms. The SMILES string of the molecule is O=[N+]([O-])c1cc(CNc2cnccc2Cl)cs1. The molecule has 0 saturated heterocycles. The van der Waals surface area contributed by atoms with Gasteiger partial charge >= 0.3 is 5.00 Å². The molecular formula is C10H8ClN3O2S. The monoisotopic (exact) mass is 269 g/mol. The zero-order valence-corrected chi connectivity index (χ0v) is 10.2. The van der Waals surface area contributed by atoms with E-state index in [0.29, 0.717) is 17.3 Å². The highest BCUT2D eigenvalue weighted by molar-refractivity contribution is 7.13. The number of aromatic nitrogens is 1. The van der Waals surface area contributed by atoms with Crippen LogP contribution in [-0.2, 0) is 6.54 Å². The van der Waals surface area contributed by atoms with Gasteiger partial charge < -0.3 is 5.32 Å². The minimum atomic E-state index is -0.398. The van der Waals surface area contributed by atoms with E-state index in [0.717, 1.165) is 16.9 Å². The lowest BCUT2D eigenvalue weighted by Gasteiger charge is -2.05. The van der Waals surface area contributed by atoms with Crippen molar-refractivity contribution in [3.8, 4) is 0 Å². The van der Waals surface area contributed by atoms with Gasteiger partial charge in [-0.2, -0.15) is 0 Å². The van der Waals surface area contributed by atoms with E-state index < -0.39 is 4.92 Å². The van der Waals surface area contributed by atoms with Gasteiger partial charge in [0.15, 0.2) is 0 Å². The second-order valence-electron chi connectivity index (χ2n) is 3.26. The highest BCUT2D eigenvalue weighted by atomic mass is 35.5. The Labute approximate surface area is 106 Å². The Morgan fingerprint density at radius 2 is 2.41 bits per heavy atom. The van der Waals surface area contributed by atoms with E-state index in [9.17, 15) is 10.1 Å². The average Bonchev–Trinajstić information content (AvgIpc) is 2.77. The van der Waals surface area contributed by atoms with Crippen molar-refractivity contribution < 1.29 is 4.92 Å². The zero-order chi connectivity index (χ0) is 12.3. The van der Waals surface area contributed by atoms with Crippen molar-refractivity contribution in [2.75, 3.05) is 5.32 Å². The first-order valence-corrected chi connectivity index (χ1v) is 5.98. The van der Waals surface area contributed by atoms with Crippen LogP contribution in [0.3, 0.4) is 0 Å². The zero-order valence-electron chi connectivity index (χ0n) is 8.59. The number of nitrogens with zero attached hydrogens (tertiary/aromatic N) is 2. The molecular weight excluding hydrogens is 262 g/mol. The Bertz CT molecular complexity index is 544. The molecule has 2 rings (SSSR count). The summed E-state index contributed by atoms with van der Waals surface area (Å²) in [6.45, 7) is 0.482. The van der Waals surface area contributed by atoms with Crippen LogP contribution in [0.5, 0.6) is 0 Å². The van der Waals surface area contributed by atoms with E-state index >= 15 is 0 Å². The molecule has 0 aliphatic carbocycles. The molecule has 2 heterocycles. The van der Waals surface area contributed by atoms with Gasteiger partial charge in [-0.15, -0.1) is 0 Å². The van der Waals surface area contributed by atoms with Gasteiger partial charge in [-0.3, -0.25) is 15.1 Å². The molecule has 0 aliphatic heterocycles. The highest BCUT2D eigenvalue weighted by Gasteiger charge is 2.09. The average molecular weight is 270 g/mol. The number of hydrogen-bond acceptors (Lipinski definition) is 5. The molecule has 0 radical (unpaired) electrons. The van der Waals surface area contributed by atoms with Crippen LogP contribution in [0.25, 0.3) is 0 Å². The summed E-state index contributed by atoms with van der Waals surface area (Å²) in [5.41, 5.74) is 1.56. The third kappa shape index (κ3) is 2.92. The van der Waals surface area contributed by atoms with Crippen molar-refractivity contribution in [1.82, 2.24) is 4.98 Å². The highest BCUT2D eigenvalue weighted by Crippen LogP contribution is 2.24. The molecule has 0 amide bonds. The molecule has 0 spiro atoms. The number of hydrogen-bond donors (Lipinski definition) is 1. The smallest absolute Gasteiger partial charge is 0.324 e. The normalized spacial score (nSPS) is 10.2. The summed E-state index contributed by atoms with van der Waals surface area (Å²) in [4.78, 5) is 14.0. The molecule has 0 bridgehead atoms. The summed E-state index contributed by atoms with van der Waals surface area (Å²) in [6, 6.07) is 3.22. The number of thiophene rings is 1. The minimum Gasteiger partial charge on any atom is -0.378 e. The summed E-state index contributed by atoms with van der Waals surface area (Å²) < 4.78 is 0. The van der Waals surface area contributed by atoms with Gasteiger partial charge in [0.25, 0.3) is 0 Å². The van der Waals surface area contributed by atoms with Crippen molar-refractivity contribution in [1.29, 1.82) is 0 Å². The van der Waals surface area contributed by atoms with Crippen molar-refractivity contribution in [2.24, 2.45) is 0 Å². The molecule has 0 saturated carbocycles. The standard InChI is InChI=1S/C10H8ClN3O2S/c11-8-1-2-12-5-9(8)13-4-7-3-10(14(15)16)17-6-7/h1-3,5-6,13H,4H2. The van der Waals surface area contributed by atoms with Crippen LogP contribution < -0.4 is 5.32 Å². The van der Waals surface area contributed by atoms with E-state index in [1.807, 2.05) is 0 Å². The Morgan fingerprint density at radius 3 is 3.06 bits per heavy atom. The van der Waals surface area contributed by atoms with E-state index in [-0.39, 0.29) is 5.00 Å². The maximum atomic E-state index is 10.5. The van der Waals surface area contributed by atoms with Crippen molar-refractivity contribution in [2.45, 2.75) is 6.54 Å². The summed E-state index contributed by atoms with van der Waals surface area (Å²) >= 11 is 7.05. The number of rotatable bonds is 4. The molecule has 0 fully saturated rings. The predicted molar refractivity (Wildman–Crippen MR) is 67.5 cm³/mol. The van der Waals surface area contributed by atoms with Gasteiger partial charge in [0.1, 0.15) is 0 Å². The van der Waals surface area contributed by atoms with Gasteiger partial charge in [0.2, 0.25) is 0 Å². The lowest BCUT2D eigenvalue weighted by atomic mass is 10.3. The molecule has 7 heteroatoms. The summed E-state index contributed by atoms with van der Waals surface area (Å²) in [5, 5.41) is 16.0. The molecule has 0 aromatic carbocycles. The molecule has 0 unspecified atom stereocenters. The number of nitrogens with one attached hydrogen (secondary N) is 1. The van der Waals surface area contributed by atoms with Gasteiger partial charge in [-0.1, -0.05) is 22.9 Å². The molecule has 5 nitrogen and oxygen atoms in total. The first-order chi connectivity index (χ1) is 8.16. The topological polar surface area (TPSA) is 68.1 Å². The number of nitro groups is 1. The largest absolute Gasteiger partial charge is 0.378 e. The van der Waals surface area contributed by atoms with E-state index in [2.05, 4.69) is 10.3 Å². The van der Waals surface area contributed by atoms with Crippen LogP contribution in [-0.4, -0.2) is 9.91 Å². The summed E-state index contributed by atoms with van der Waals surface area (Å²) in [7, 11) is 0. The molecule has 0 aliphatic rings. The van der Waals surface area contributed by atoms with Crippen LogP contribution in [0.4, 0.5) is 10.7 Å². The second kappa shape index (κ2) is 5.11. The van der Waals surface area contributed by atoms with Gasteiger partial charge in [0, 0.05) is 24.2 Å². The van der Waals surface area contributed by atoms with Crippen LogP contribution in [0, 0.1) is 10.1 Å². The van der Waals surface area contributed by atoms with Crippen molar-refractivity contribution >= 4 is 33.6 Å². The first kappa shape index (κ1) is 11.8. The Hall–Kier alpha value is -1.66. The third-order valence-corrected chi connectivity index (χ3v) is 3.33. The van der Waals surface area contributed by atoms with Crippen molar-refractivity contribution in [3.05, 3.63) is 50.6 Å². The minimum absolute atomic E-state index is 0.138. The number of pyridine rings is 1. The van der Waals surface area contributed by atoms with E-state index in [1.165, 1.54) is 0 Å². The molecule has 88 valence electrons. The second-order valence-corrected chi connectivity index (χ2v) is 4.56. The quantitative estimate of drug-likeness (QED) is 0.683. The van der Waals surface area contributed by atoms with Crippen LogP contribution in [0.1, 0.15) is 5.56 Å². The lowest BCUT2D eigenvalue weighted by molar-refractivity contribution is -0.380. The van der Waals surface area contributed by atoms with Crippen LogP contribution in [0.15, 0.2) is 29.9 Å². The molecule has 1 N–H and O–H groups in total. The lowest BCUT2D eigenvalue weighted by Crippen LogP contribution is -1.99. The fourth-order valence-corrected chi connectivity index (χ4v) is 2.16. The maximum Gasteiger partial charge on any atom is 0.324 e. The first-order valence-electron chi connectivity index (χ1n) is 4.72. The fraction of sp³-hybridized carbons (Fsp3) is 0.100. The van der Waals surface area contributed by atoms with Crippen LogP contribution in [0.2, 0.25) is 5.02 Å². The molecule has 0 atom stereocenters. The summed E-state index contributed by atoms with van der Waals surface area (Å²) in [6.07, 6.45) is 3.21. The van der Waals surface area contributed by atoms with Gasteiger partial charge in [-0.05, 0) is 11.6 Å². The Kier molecular flexibility index (Phi) is 3.55. The van der Waals surface area contributed by atoms with E-state index in [1.54, 1.807) is 29.9 Å². The Morgan fingerprint density at radius 1 is 1.59 bits per heavy atom. The fourth-order valence-electron chi connectivity index (χ4n) is 1.26. The third-order valence-electron chi connectivity index (χ3n) is 2.07. The molecule has 2 aromatic heterocycles. The predicted octanol–water partition coefficient (Wildman–Crippen LogP) is 3.32. The van der Waals surface area contributed by atoms with Crippen LogP contribution >= 0.6 is 22.9 Å². The van der Waals surface area contributed by atoms with Crippen molar-refractivity contribution in [3.63, 3.8) is 0 Å². The maximum absolute atomic E-state index is 10.5. The van der Waals surface area contributed by atoms with E-state index in [4.69, 9.17) is 11.6 Å². The Balaban J connectivity index is 2.02.